The molecule has 4 rings (SSSR count). The summed E-state index contributed by atoms with van der Waals surface area (Å²) >= 11 is 0.194. The van der Waals surface area contributed by atoms with Crippen LogP contribution in [0.3, 0.4) is 0 Å². The van der Waals surface area contributed by atoms with Gasteiger partial charge >= 0.3 is 33.3 Å². The molecule has 0 aliphatic carbocycles. The zero-order valence-corrected chi connectivity index (χ0v) is 27.6. The summed E-state index contributed by atoms with van der Waals surface area (Å²) in [7, 11) is 11.7. The molecule has 41 heavy (non-hydrogen) atoms. The Bertz CT molecular complexity index is 1340. The molecule has 0 aliphatic rings. The van der Waals surface area contributed by atoms with E-state index < -0.39 is 0 Å². The summed E-state index contributed by atoms with van der Waals surface area (Å²) in [5.74, 6) is 0. The van der Waals surface area contributed by atoms with Crippen LogP contribution in [0.1, 0.15) is 44.5 Å². The predicted molar refractivity (Wildman–Crippen MR) is 176 cm³/mol. The van der Waals surface area contributed by atoms with Gasteiger partial charge in [-0.05, 0) is 82.0 Å². The summed E-state index contributed by atoms with van der Waals surface area (Å²) in [6, 6.07) is 29.9. The van der Waals surface area contributed by atoms with Gasteiger partial charge in [0.25, 0.3) is 0 Å². The van der Waals surface area contributed by atoms with Crippen molar-refractivity contribution in [2.24, 2.45) is 9.98 Å². The average Bonchev–Trinajstić information content (AvgIpc) is 2.92. The van der Waals surface area contributed by atoms with Gasteiger partial charge < -0.3 is 0 Å². The van der Waals surface area contributed by atoms with Crippen molar-refractivity contribution in [3.63, 3.8) is 0 Å². The molecule has 4 aromatic rings. The summed E-state index contributed by atoms with van der Waals surface area (Å²) in [5.41, 5.74) is 13.9. The maximum absolute atomic E-state index is 5.25. The average molecular weight is 628 g/mol. The van der Waals surface area contributed by atoms with Crippen LogP contribution in [-0.4, -0.2) is 36.5 Å². The molecule has 3 nitrogen and oxygen atoms in total. The van der Waals surface area contributed by atoms with Crippen LogP contribution in [-0.2, 0) is 13.1 Å². The van der Waals surface area contributed by atoms with Crippen molar-refractivity contribution in [1.82, 2.24) is 4.90 Å². The molecule has 0 radical (unpaired) electrons. The Kier molecular flexibility index (Phi) is 12.8. The van der Waals surface area contributed by atoms with Gasteiger partial charge in [-0.15, -0.1) is 0 Å². The number of halogens is 2. The molecule has 0 spiro atoms. The SMILES string of the molecule is Cc1cc(C)c(N=C(CN(C)CC(=Nc2c(C)cc(C)cc2C)c2ccccc2)c2ccccc2)c(C)c1.[Cl][Fe][Cl]. The van der Waals surface area contributed by atoms with Gasteiger partial charge in [0.05, 0.1) is 22.8 Å². The number of hydrogen-bond donors (Lipinski definition) is 0. The molecule has 0 unspecified atom stereocenters. The fourth-order valence-corrected chi connectivity index (χ4v) is 5.18. The van der Waals surface area contributed by atoms with Crippen LogP contribution in [0.25, 0.3) is 0 Å². The van der Waals surface area contributed by atoms with E-state index in [1.807, 2.05) is 0 Å². The number of aliphatic imine (C=N–C) groups is 2. The number of aryl methyl sites for hydroxylation is 6. The molecule has 0 saturated carbocycles. The second-order valence-electron chi connectivity index (χ2n) is 10.6. The molecule has 216 valence electrons. The van der Waals surface area contributed by atoms with Crippen LogP contribution in [0, 0.1) is 41.5 Å². The zero-order valence-electron chi connectivity index (χ0n) is 24.9. The fourth-order valence-electron chi connectivity index (χ4n) is 5.18. The maximum atomic E-state index is 5.25. The molecular formula is C35H39Cl2FeN3. The Balaban J connectivity index is 0.00000147. The summed E-state index contributed by atoms with van der Waals surface area (Å²) in [5, 5.41) is 0. The Labute approximate surface area is 261 Å². The molecule has 0 bridgehead atoms. The normalized spacial score (nSPS) is 12.0. The first-order valence-electron chi connectivity index (χ1n) is 13.6. The summed E-state index contributed by atoms with van der Waals surface area (Å²) in [6.45, 7) is 14.3. The Morgan fingerprint density at radius 1 is 0.585 bits per heavy atom. The monoisotopic (exact) mass is 627 g/mol. The van der Waals surface area contributed by atoms with Crippen molar-refractivity contribution >= 4 is 43.0 Å². The molecule has 0 aliphatic heterocycles. The van der Waals surface area contributed by atoms with Crippen LogP contribution in [0.15, 0.2) is 94.9 Å². The van der Waals surface area contributed by atoms with E-state index in [0.29, 0.717) is 13.1 Å². The summed E-state index contributed by atoms with van der Waals surface area (Å²) in [6.07, 6.45) is 0. The molecule has 0 N–H and O–H groups in total. The van der Waals surface area contributed by atoms with E-state index in [9.17, 15) is 0 Å². The number of rotatable bonds is 8. The minimum absolute atomic E-state index is 0.194. The third kappa shape index (κ3) is 9.67. The summed E-state index contributed by atoms with van der Waals surface area (Å²) in [4.78, 5) is 12.8. The quantitative estimate of drug-likeness (QED) is 0.141. The molecule has 0 atom stereocenters. The van der Waals surface area contributed by atoms with Crippen LogP contribution < -0.4 is 0 Å². The Morgan fingerprint density at radius 3 is 1.17 bits per heavy atom. The van der Waals surface area contributed by atoms with Gasteiger partial charge in [-0.1, -0.05) is 96.1 Å². The molecule has 0 aromatic heterocycles. The second-order valence-corrected chi connectivity index (χ2v) is 12.4. The third-order valence-corrected chi connectivity index (χ3v) is 6.82. The first kappa shape index (κ1) is 32.8. The number of hydrogen-bond acceptors (Lipinski definition) is 3. The number of nitrogens with zero attached hydrogens (tertiary/aromatic N) is 3. The van der Waals surface area contributed by atoms with Gasteiger partial charge in [0.15, 0.2) is 0 Å². The van der Waals surface area contributed by atoms with Gasteiger partial charge in [0.1, 0.15) is 0 Å². The van der Waals surface area contributed by atoms with Crippen molar-refractivity contribution in [3.8, 4) is 0 Å². The molecule has 0 amide bonds. The van der Waals surface area contributed by atoms with Gasteiger partial charge in [-0.2, -0.15) is 0 Å². The van der Waals surface area contributed by atoms with E-state index in [-0.39, 0.29) is 13.1 Å². The van der Waals surface area contributed by atoms with Crippen LogP contribution in [0.2, 0.25) is 0 Å². The molecule has 0 saturated heterocycles. The van der Waals surface area contributed by atoms with Gasteiger partial charge in [0.2, 0.25) is 0 Å². The van der Waals surface area contributed by atoms with Crippen LogP contribution in [0.5, 0.6) is 0 Å². The number of benzene rings is 4. The van der Waals surface area contributed by atoms with Crippen molar-refractivity contribution in [3.05, 3.63) is 129 Å². The molecule has 0 heterocycles. The Hall–Kier alpha value is -2.72. The summed E-state index contributed by atoms with van der Waals surface area (Å²) < 4.78 is 0. The van der Waals surface area contributed by atoms with E-state index >= 15 is 0 Å². The van der Waals surface area contributed by atoms with Gasteiger partial charge in [-0.3, -0.25) is 14.9 Å². The van der Waals surface area contributed by atoms with Crippen molar-refractivity contribution < 1.29 is 13.1 Å². The third-order valence-electron chi connectivity index (χ3n) is 6.82. The fraction of sp³-hybridized carbons (Fsp3) is 0.257. The minimum atomic E-state index is 0.194. The second kappa shape index (κ2) is 16.1. The van der Waals surface area contributed by atoms with Crippen molar-refractivity contribution in [2.75, 3.05) is 20.1 Å². The predicted octanol–water partition coefficient (Wildman–Crippen LogP) is 9.79. The van der Waals surface area contributed by atoms with Crippen molar-refractivity contribution in [1.29, 1.82) is 0 Å². The van der Waals surface area contributed by atoms with E-state index in [1.54, 1.807) is 0 Å². The van der Waals surface area contributed by atoms with Crippen molar-refractivity contribution in [2.45, 2.75) is 41.5 Å². The van der Waals surface area contributed by atoms with Gasteiger partial charge in [0, 0.05) is 13.1 Å². The first-order valence-corrected chi connectivity index (χ1v) is 16.6. The standard InChI is InChI=1S/C35H39N3.2ClH.Fe/c1-24-18-26(3)34(27(4)19-24)36-32(30-14-10-8-11-15-30)22-38(7)23-33(31-16-12-9-13-17-31)37-35-28(5)20-25(2)21-29(35)6;;;/h8-21H,22-23H2,1-7H3;2*1H;/q;;;+2/p-2. The molecular weight excluding hydrogens is 589 g/mol. The first-order chi connectivity index (χ1) is 19.6. The number of likely N-dealkylation sites (N-methyl/N-ethyl adjacent to an activating group) is 1. The zero-order chi connectivity index (χ0) is 29.9. The van der Waals surface area contributed by atoms with E-state index in [4.69, 9.17) is 30.2 Å². The topological polar surface area (TPSA) is 28.0 Å². The Morgan fingerprint density at radius 2 is 0.878 bits per heavy atom. The molecule has 6 heteroatoms. The van der Waals surface area contributed by atoms with E-state index in [1.165, 1.54) is 33.4 Å². The van der Waals surface area contributed by atoms with E-state index in [2.05, 4.69) is 138 Å². The van der Waals surface area contributed by atoms with Gasteiger partial charge in [-0.25, -0.2) is 0 Å². The van der Waals surface area contributed by atoms with Crippen LogP contribution >= 0.6 is 20.2 Å². The molecule has 4 aromatic carbocycles. The van der Waals surface area contributed by atoms with Crippen LogP contribution in [0.4, 0.5) is 11.4 Å². The van der Waals surface area contributed by atoms with E-state index in [0.717, 1.165) is 33.9 Å². The molecule has 0 fully saturated rings.